The first-order valence-electron chi connectivity index (χ1n) is 6.79. The van der Waals surface area contributed by atoms with E-state index in [0.29, 0.717) is 6.04 Å². The van der Waals surface area contributed by atoms with Gasteiger partial charge in [0.05, 0.1) is 12.8 Å². The van der Waals surface area contributed by atoms with Crippen molar-refractivity contribution in [1.29, 1.82) is 0 Å². The molecule has 1 aromatic carbocycles. The van der Waals surface area contributed by atoms with Crippen molar-refractivity contribution in [2.24, 2.45) is 5.92 Å². The lowest BCUT2D eigenvalue weighted by atomic mass is 9.90. The molecule has 0 bridgehead atoms. The third kappa shape index (κ3) is 3.16. The molecule has 18 heavy (non-hydrogen) atoms. The van der Waals surface area contributed by atoms with Gasteiger partial charge < -0.3 is 15.0 Å². The minimum Gasteiger partial charge on any atom is -0.495 e. The van der Waals surface area contributed by atoms with E-state index >= 15 is 0 Å². The molecule has 100 valence electrons. The Morgan fingerprint density at radius 3 is 2.61 bits per heavy atom. The van der Waals surface area contributed by atoms with Crippen molar-refractivity contribution in [2.45, 2.75) is 25.8 Å². The maximum absolute atomic E-state index is 5.38. The molecular weight excluding hydrogens is 224 g/mol. The molecule has 0 aliphatic carbocycles. The Balaban J connectivity index is 1.96. The number of ether oxygens (including phenoxy) is 1. The first-order valence-corrected chi connectivity index (χ1v) is 6.79. The van der Waals surface area contributed by atoms with Crippen LogP contribution < -0.4 is 10.1 Å². The number of para-hydroxylation sites is 2. The van der Waals surface area contributed by atoms with Gasteiger partial charge in [-0.15, -0.1) is 0 Å². The van der Waals surface area contributed by atoms with Crippen molar-refractivity contribution in [3.63, 3.8) is 0 Å². The van der Waals surface area contributed by atoms with Crippen molar-refractivity contribution in [3.05, 3.63) is 24.3 Å². The Bertz CT molecular complexity index is 373. The normalized spacial score (nSPS) is 19.5. The number of hydrogen-bond acceptors (Lipinski definition) is 3. The predicted octanol–water partition coefficient (Wildman–Crippen LogP) is 2.84. The van der Waals surface area contributed by atoms with Crippen molar-refractivity contribution in [3.8, 4) is 5.75 Å². The Labute approximate surface area is 110 Å². The summed E-state index contributed by atoms with van der Waals surface area (Å²) in [5.41, 5.74) is 1.10. The molecule has 1 N–H and O–H groups in total. The summed E-state index contributed by atoms with van der Waals surface area (Å²) in [5, 5.41) is 3.60. The van der Waals surface area contributed by atoms with E-state index in [1.807, 2.05) is 18.2 Å². The van der Waals surface area contributed by atoms with Gasteiger partial charge in [-0.1, -0.05) is 12.1 Å². The average molecular weight is 248 g/mol. The van der Waals surface area contributed by atoms with Crippen LogP contribution in [0.25, 0.3) is 0 Å². The van der Waals surface area contributed by atoms with E-state index < -0.39 is 0 Å². The maximum atomic E-state index is 5.38. The summed E-state index contributed by atoms with van der Waals surface area (Å²) in [4.78, 5) is 2.41. The molecule has 0 aromatic heterocycles. The number of nitrogens with zero attached hydrogens (tertiary/aromatic N) is 1. The zero-order valence-electron chi connectivity index (χ0n) is 11.6. The van der Waals surface area contributed by atoms with E-state index in [4.69, 9.17) is 4.74 Å². The molecule has 1 saturated heterocycles. The lowest BCUT2D eigenvalue weighted by Gasteiger charge is -2.33. The van der Waals surface area contributed by atoms with Gasteiger partial charge in [0.2, 0.25) is 0 Å². The molecule has 1 atom stereocenters. The summed E-state index contributed by atoms with van der Waals surface area (Å²) < 4.78 is 5.38. The van der Waals surface area contributed by atoms with E-state index in [0.717, 1.165) is 17.4 Å². The van der Waals surface area contributed by atoms with Gasteiger partial charge in [0.25, 0.3) is 0 Å². The summed E-state index contributed by atoms with van der Waals surface area (Å²) >= 11 is 0. The Kier molecular flexibility index (Phi) is 4.48. The molecule has 3 heteroatoms. The third-order valence-electron chi connectivity index (χ3n) is 3.96. The number of nitrogens with one attached hydrogen (secondary N) is 1. The first-order chi connectivity index (χ1) is 8.70. The highest BCUT2D eigenvalue weighted by molar-refractivity contribution is 5.56. The summed E-state index contributed by atoms with van der Waals surface area (Å²) in [7, 11) is 3.93. The highest BCUT2D eigenvalue weighted by atomic mass is 16.5. The molecular formula is C15H24N2O. The van der Waals surface area contributed by atoms with E-state index in [1.165, 1.54) is 25.9 Å². The van der Waals surface area contributed by atoms with Gasteiger partial charge in [0.1, 0.15) is 5.75 Å². The molecule has 1 fully saturated rings. The van der Waals surface area contributed by atoms with Crippen molar-refractivity contribution >= 4 is 5.69 Å². The largest absolute Gasteiger partial charge is 0.495 e. The number of hydrogen-bond donors (Lipinski definition) is 1. The molecule has 2 rings (SSSR count). The van der Waals surface area contributed by atoms with Crippen LogP contribution in [0.2, 0.25) is 0 Å². The predicted molar refractivity (Wildman–Crippen MR) is 76.3 cm³/mol. The SMILES string of the molecule is COc1ccccc1NC(C)C1CCN(C)CC1. The number of benzene rings is 1. The van der Waals surface area contributed by atoms with Crippen molar-refractivity contribution in [1.82, 2.24) is 4.90 Å². The van der Waals surface area contributed by atoms with Gasteiger partial charge >= 0.3 is 0 Å². The quantitative estimate of drug-likeness (QED) is 0.886. The van der Waals surface area contributed by atoms with Crippen LogP contribution in [0.1, 0.15) is 19.8 Å². The molecule has 0 amide bonds. The van der Waals surface area contributed by atoms with Crippen LogP contribution >= 0.6 is 0 Å². The smallest absolute Gasteiger partial charge is 0.141 e. The maximum Gasteiger partial charge on any atom is 0.141 e. The van der Waals surface area contributed by atoms with Crippen LogP contribution in [0.4, 0.5) is 5.69 Å². The minimum absolute atomic E-state index is 0.495. The van der Waals surface area contributed by atoms with Gasteiger partial charge in [-0.2, -0.15) is 0 Å². The molecule has 1 aromatic rings. The number of anilines is 1. The fourth-order valence-corrected chi connectivity index (χ4v) is 2.66. The third-order valence-corrected chi connectivity index (χ3v) is 3.96. The van der Waals surface area contributed by atoms with Gasteiger partial charge in [0, 0.05) is 6.04 Å². The van der Waals surface area contributed by atoms with E-state index in [1.54, 1.807) is 7.11 Å². The summed E-state index contributed by atoms with van der Waals surface area (Å²) in [5.74, 6) is 1.68. The number of rotatable bonds is 4. The zero-order valence-corrected chi connectivity index (χ0v) is 11.6. The fraction of sp³-hybridized carbons (Fsp3) is 0.600. The molecule has 1 aliphatic rings. The number of piperidine rings is 1. The van der Waals surface area contributed by atoms with Crippen molar-refractivity contribution < 1.29 is 4.74 Å². The second-order valence-corrected chi connectivity index (χ2v) is 5.27. The molecule has 0 saturated carbocycles. The highest BCUT2D eigenvalue weighted by Crippen LogP contribution is 2.27. The molecule has 0 spiro atoms. The van der Waals surface area contributed by atoms with Crippen LogP contribution in [0.15, 0.2) is 24.3 Å². The number of likely N-dealkylation sites (tertiary alicyclic amines) is 1. The van der Waals surface area contributed by atoms with Gasteiger partial charge in [-0.05, 0) is 58.0 Å². The van der Waals surface area contributed by atoms with Crippen molar-refractivity contribution in [2.75, 3.05) is 32.6 Å². The number of methoxy groups -OCH3 is 1. The summed E-state index contributed by atoms with van der Waals surface area (Å²) in [6.07, 6.45) is 2.56. The van der Waals surface area contributed by atoms with Crippen LogP contribution in [0.3, 0.4) is 0 Å². The van der Waals surface area contributed by atoms with Crippen LogP contribution in [-0.4, -0.2) is 38.2 Å². The van der Waals surface area contributed by atoms with Crippen LogP contribution in [-0.2, 0) is 0 Å². The van der Waals surface area contributed by atoms with Crippen LogP contribution in [0, 0.1) is 5.92 Å². The second-order valence-electron chi connectivity index (χ2n) is 5.27. The lowest BCUT2D eigenvalue weighted by molar-refractivity contribution is 0.208. The second kappa shape index (κ2) is 6.10. The van der Waals surface area contributed by atoms with E-state index in [-0.39, 0.29) is 0 Å². The minimum atomic E-state index is 0.495. The van der Waals surface area contributed by atoms with E-state index in [2.05, 4.69) is 30.3 Å². The fourth-order valence-electron chi connectivity index (χ4n) is 2.66. The zero-order chi connectivity index (χ0) is 13.0. The average Bonchev–Trinajstić information content (AvgIpc) is 2.40. The molecule has 0 radical (unpaired) electrons. The molecule has 1 unspecified atom stereocenters. The van der Waals surface area contributed by atoms with Crippen LogP contribution in [0.5, 0.6) is 5.75 Å². The molecule has 1 aliphatic heterocycles. The first kappa shape index (κ1) is 13.2. The van der Waals surface area contributed by atoms with Gasteiger partial charge in [-0.25, -0.2) is 0 Å². The molecule has 3 nitrogen and oxygen atoms in total. The van der Waals surface area contributed by atoms with E-state index in [9.17, 15) is 0 Å². The van der Waals surface area contributed by atoms with Gasteiger partial charge in [0.15, 0.2) is 0 Å². The standard InChI is InChI=1S/C15H24N2O/c1-12(13-8-10-17(2)11-9-13)16-14-6-4-5-7-15(14)18-3/h4-7,12-13,16H,8-11H2,1-3H3. The Morgan fingerprint density at radius 1 is 1.28 bits per heavy atom. The van der Waals surface area contributed by atoms with Gasteiger partial charge in [-0.3, -0.25) is 0 Å². The topological polar surface area (TPSA) is 24.5 Å². The summed E-state index contributed by atoms with van der Waals surface area (Å²) in [6, 6.07) is 8.64. The Hall–Kier alpha value is -1.22. The highest BCUT2D eigenvalue weighted by Gasteiger charge is 2.22. The Morgan fingerprint density at radius 2 is 1.94 bits per heavy atom. The monoisotopic (exact) mass is 248 g/mol. The molecule has 1 heterocycles. The summed E-state index contributed by atoms with van der Waals surface area (Å²) in [6.45, 7) is 4.70. The lowest BCUT2D eigenvalue weighted by Crippen LogP contribution is -2.37.